The Morgan fingerprint density at radius 2 is 1.42 bits per heavy atom. The van der Waals surface area contributed by atoms with Crippen molar-refractivity contribution in [2.45, 2.75) is 19.6 Å². The smallest absolute Gasteiger partial charge is 0.289 e. The van der Waals surface area contributed by atoms with Gasteiger partial charge in [-0.25, -0.2) is 0 Å². The van der Waals surface area contributed by atoms with Crippen molar-refractivity contribution in [3.8, 4) is 28.6 Å². The number of nitrogens with zero attached hydrogens (tertiary/aromatic N) is 4. The van der Waals surface area contributed by atoms with E-state index in [0.29, 0.717) is 23.7 Å². The first kappa shape index (κ1) is 30.6. The summed E-state index contributed by atoms with van der Waals surface area (Å²) in [6.45, 7) is 4.77. The number of amides is 1. The zero-order chi connectivity index (χ0) is 31.2. The molecule has 1 amide bonds. The Morgan fingerprint density at radius 3 is 2.09 bits per heavy atom. The molecule has 0 unspecified atom stereocenters. The van der Waals surface area contributed by atoms with Crippen LogP contribution in [0, 0.1) is 0 Å². The quantitative estimate of drug-likeness (QED) is 0.178. The highest BCUT2D eigenvalue weighted by Gasteiger charge is 2.22. The number of aromatic hydroxyl groups is 1. The van der Waals surface area contributed by atoms with E-state index in [4.69, 9.17) is 32.7 Å². The standard InChI is InChI=1S/C34H31Cl2N5O4/c35-29-18-26(19-30(36)31(29)42)32-38-39-33(41(32)22-25-8-6-24(7-9-25)21-40-14-16-44-17-15-40)34(43)37-20-23-10-12-28(13-11-23)45-27-4-2-1-3-5-27/h1-13,18-19,42H,14-17,20-22H2,(H,37,43). The van der Waals surface area contributed by atoms with Crippen LogP contribution in [0.1, 0.15) is 27.3 Å². The average molecular weight is 645 g/mol. The second-order valence-electron chi connectivity index (χ2n) is 10.7. The van der Waals surface area contributed by atoms with Gasteiger partial charge in [0.2, 0.25) is 5.82 Å². The molecule has 2 N–H and O–H groups in total. The van der Waals surface area contributed by atoms with Gasteiger partial charge in [-0.2, -0.15) is 0 Å². The van der Waals surface area contributed by atoms with Crippen LogP contribution in [0.25, 0.3) is 11.4 Å². The molecule has 0 spiro atoms. The largest absolute Gasteiger partial charge is 0.505 e. The van der Waals surface area contributed by atoms with Crippen LogP contribution in [-0.4, -0.2) is 57.0 Å². The first-order valence-corrected chi connectivity index (χ1v) is 15.3. The average Bonchev–Trinajstić information content (AvgIpc) is 3.48. The number of carbonyl (C=O) groups is 1. The number of phenols is 1. The summed E-state index contributed by atoms with van der Waals surface area (Å²) in [5.74, 6) is 1.36. The van der Waals surface area contributed by atoms with Crippen LogP contribution in [0.4, 0.5) is 0 Å². The number of nitrogens with one attached hydrogen (secondary N) is 1. The molecule has 230 valence electrons. The molecule has 0 bridgehead atoms. The fourth-order valence-electron chi connectivity index (χ4n) is 5.04. The van der Waals surface area contributed by atoms with Crippen LogP contribution in [-0.2, 0) is 24.4 Å². The lowest BCUT2D eigenvalue weighted by atomic mass is 10.1. The van der Waals surface area contributed by atoms with Crippen molar-refractivity contribution in [2.75, 3.05) is 26.3 Å². The summed E-state index contributed by atoms with van der Waals surface area (Å²) >= 11 is 12.5. The van der Waals surface area contributed by atoms with Gasteiger partial charge in [-0.3, -0.25) is 14.3 Å². The van der Waals surface area contributed by atoms with Crippen LogP contribution in [0.15, 0.2) is 91.0 Å². The Hall–Kier alpha value is -4.41. The maximum atomic E-state index is 13.5. The molecular weight excluding hydrogens is 613 g/mol. The molecule has 0 aliphatic carbocycles. The molecule has 1 aromatic heterocycles. The molecule has 0 saturated carbocycles. The number of ether oxygens (including phenoxy) is 2. The highest BCUT2D eigenvalue weighted by molar-refractivity contribution is 6.37. The molecule has 0 atom stereocenters. The number of halogens is 2. The van der Waals surface area contributed by atoms with Crippen LogP contribution < -0.4 is 10.1 Å². The van der Waals surface area contributed by atoms with Gasteiger partial charge < -0.3 is 19.9 Å². The number of hydrogen-bond donors (Lipinski definition) is 2. The van der Waals surface area contributed by atoms with E-state index in [-0.39, 0.29) is 28.2 Å². The van der Waals surface area contributed by atoms with Crippen LogP contribution >= 0.6 is 23.2 Å². The number of aromatic nitrogens is 3. The van der Waals surface area contributed by atoms with Gasteiger partial charge in [0.05, 0.1) is 29.8 Å². The van der Waals surface area contributed by atoms with Crippen LogP contribution in [0.2, 0.25) is 10.0 Å². The first-order chi connectivity index (χ1) is 21.9. The lowest BCUT2D eigenvalue weighted by molar-refractivity contribution is 0.0342. The van der Waals surface area contributed by atoms with E-state index in [1.807, 2.05) is 66.7 Å². The zero-order valence-electron chi connectivity index (χ0n) is 24.3. The lowest BCUT2D eigenvalue weighted by Crippen LogP contribution is -2.35. The third-order valence-electron chi connectivity index (χ3n) is 7.46. The van der Waals surface area contributed by atoms with E-state index >= 15 is 0 Å². The Balaban J connectivity index is 1.20. The van der Waals surface area contributed by atoms with Gasteiger partial charge in [0.15, 0.2) is 11.6 Å². The van der Waals surface area contributed by atoms with Gasteiger partial charge >= 0.3 is 0 Å². The number of hydrogen-bond acceptors (Lipinski definition) is 7. The van der Waals surface area contributed by atoms with Crippen molar-refractivity contribution < 1.29 is 19.4 Å². The first-order valence-electron chi connectivity index (χ1n) is 14.5. The van der Waals surface area contributed by atoms with Gasteiger partial charge in [0.25, 0.3) is 5.91 Å². The fraction of sp³-hybridized carbons (Fsp3) is 0.206. The van der Waals surface area contributed by atoms with Crippen molar-refractivity contribution in [3.05, 3.63) is 124 Å². The molecule has 9 nitrogen and oxygen atoms in total. The second-order valence-corrected chi connectivity index (χ2v) is 11.5. The molecule has 11 heteroatoms. The SMILES string of the molecule is O=C(NCc1ccc(Oc2ccccc2)cc1)c1nnc(-c2cc(Cl)c(O)c(Cl)c2)n1Cc1ccc(CN2CCOCC2)cc1. The monoisotopic (exact) mass is 643 g/mol. The zero-order valence-corrected chi connectivity index (χ0v) is 25.8. The van der Waals surface area contributed by atoms with E-state index in [0.717, 1.165) is 49.7 Å². The van der Waals surface area contributed by atoms with E-state index in [2.05, 4.69) is 32.5 Å². The predicted molar refractivity (Wildman–Crippen MR) is 173 cm³/mol. The summed E-state index contributed by atoms with van der Waals surface area (Å²) < 4.78 is 13.0. The summed E-state index contributed by atoms with van der Waals surface area (Å²) in [4.78, 5) is 15.8. The Kier molecular flexibility index (Phi) is 9.61. The van der Waals surface area contributed by atoms with E-state index < -0.39 is 5.91 Å². The van der Waals surface area contributed by atoms with Crippen LogP contribution in [0.3, 0.4) is 0 Å². The van der Waals surface area contributed by atoms with Crippen molar-refractivity contribution in [1.82, 2.24) is 25.0 Å². The van der Waals surface area contributed by atoms with Crippen molar-refractivity contribution in [3.63, 3.8) is 0 Å². The van der Waals surface area contributed by atoms with Gasteiger partial charge in [-0.1, -0.05) is 77.8 Å². The maximum Gasteiger partial charge on any atom is 0.289 e. The molecule has 1 saturated heterocycles. The number of rotatable bonds is 10. The Labute approximate surface area is 270 Å². The van der Waals surface area contributed by atoms with Crippen molar-refractivity contribution in [2.24, 2.45) is 0 Å². The van der Waals surface area contributed by atoms with Crippen LogP contribution in [0.5, 0.6) is 17.2 Å². The highest BCUT2D eigenvalue weighted by Crippen LogP contribution is 2.36. The molecule has 5 aromatic rings. The van der Waals surface area contributed by atoms with E-state index in [1.54, 1.807) is 16.7 Å². The van der Waals surface area contributed by atoms with Gasteiger partial charge in [0.1, 0.15) is 11.5 Å². The summed E-state index contributed by atoms with van der Waals surface area (Å²) in [7, 11) is 0. The third-order valence-corrected chi connectivity index (χ3v) is 8.03. The molecular formula is C34H31Cl2N5O4. The minimum atomic E-state index is -0.390. The number of phenolic OH excluding ortho intramolecular Hbond substituents is 1. The van der Waals surface area contributed by atoms with Crippen molar-refractivity contribution in [1.29, 1.82) is 0 Å². The number of para-hydroxylation sites is 1. The summed E-state index contributed by atoms with van der Waals surface area (Å²) in [5, 5.41) is 21.8. The van der Waals surface area contributed by atoms with Crippen molar-refractivity contribution >= 4 is 29.1 Å². The number of benzene rings is 4. The molecule has 4 aromatic carbocycles. The molecule has 1 aliphatic rings. The van der Waals surface area contributed by atoms with E-state index in [1.165, 1.54) is 5.56 Å². The molecule has 45 heavy (non-hydrogen) atoms. The Bertz CT molecular complexity index is 1730. The van der Waals surface area contributed by atoms with E-state index in [9.17, 15) is 9.90 Å². The summed E-state index contributed by atoms with van der Waals surface area (Å²) in [6, 6.07) is 28.4. The maximum absolute atomic E-state index is 13.5. The summed E-state index contributed by atoms with van der Waals surface area (Å²) in [5.41, 5.74) is 3.57. The van der Waals surface area contributed by atoms with Gasteiger partial charge in [0, 0.05) is 31.7 Å². The summed E-state index contributed by atoms with van der Waals surface area (Å²) in [6.07, 6.45) is 0. The molecule has 1 aliphatic heterocycles. The predicted octanol–water partition coefficient (Wildman–Crippen LogP) is 6.56. The van der Waals surface area contributed by atoms with Gasteiger partial charge in [-0.05, 0) is 53.1 Å². The molecule has 1 fully saturated rings. The fourth-order valence-corrected chi connectivity index (χ4v) is 5.53. The Morgan fingerprint density at radius 1 is 0.822 bits per heavy atom. The highest BCUT2D eigenvalue weighted by atomic mass is 35.5. The number of morpholine rings is 1. The lowest BCUT2D eigenvalue weighted by Gasteiger charge is -2.26. The molecule has 2 heterocycles. The molecule has 0 radical (unpaired) electrons. The number of carbonyl (C=O) groups excluding carboxylic acids is 1. The topological polar surface area (TPSA) is 102 Å². The van der Waals surface area contributed by atoms with Gasteiger partial charge in [-0.15, -0.1) is 10.2 Å². The minimum Gasteiger partial charge on any atom is -0.505 e. The third kappa shape index (κ3) is 7.64. The minimum absolute atomic E-state index is 0.0743. The molecule has 6 rings (SSSR count). The second kappa shape index (κ2) is 14.1. The normalized spacial score (nSPS) is 13.5.